The third-order valence-corrected chi connectivity index (χ3v) is 7.82. The monoisotopic (exact) mass is 658 g/mol. The largest absolute Gasteiger partial charge is 0.488 e. The second kappa shape index (κ2) is 13.0. The Balaban J connectivity index is 1.15. The zero-order chi connectivity index (χ0) is 28.8. The van der Waals surface area contributed by atoms with E-state index in [1.165, 1.54) is 0 Å². The highest BCUT2D eigenvalue weighted by Crippen LogP contribution is 2.31. The standard InChI is InChI=1S/C34H31IN2O4/c1-22(20-36-33(38)28-16-7-12-24-10-3-5-14-26(24)28)40-30-18-9-19-31(32(30)35)41-23(2)21-37-34(39)29-17-8-13-25-11-4-6-15-27(25)29/h3-19,22-23H,20-21H2,1-2H3,(H,36,38)(H,37,39)/t22-,23-/m0/s1. The topological polar surface area (TPSA) is 76.7 Å². The molecule has 5 aromatic rings. The van der Waals surface area contributed by atoms with Crippen LogP contribution in [0.4, 0.5) is 0 Å². The van der Waals surface area contributed by atoms with Crippen LogP contribution in [0.5, 0.6) is 11.5 Å². The molecular formula is C34H31IN2O4. The van der Waals surface area contributed by atoms with Gasteiger partial charge in [-0.15, -0.1) is 0 Å². The first-order valence-electron chi connectivity index (χ1n) is 13.5. The van der Waals surface area contributed by atoms with Crippen molar-refractivity contribution in [3.8, 4) is 11.5 Å². The highest BCUT2D eigenvalue weighted by atomic mass is 127. The van der Waals surface area contributed by atoms with Gasteiger partial charge < -0.3 is 20.1 Å². The average molecular weight is 659 g/mol. The van der Waals surface area contributed by atoms with E-state index in [4.69, 9.17) is 9.47 Å². The Hall–Kier alpha value is -4.11. The molecule has 0 fully saturated rings. The van der Waals surface area contributed by atoms with Crippen LogP contribution in [0.15, 0.2) is 103 Å². The van der Waals surface area contributed by atoms with Crippen LogP contribution in [0.3, 0.4) is 0 Å². The fraction of sp³-hybridized carbons (Fsp3) is 0.176. The molecule has 0 saturated heterocycles. The summed E-state index contributed by atoms with van der Waals surface area (Å²) in [5, 5.41) is 9.87. The molecule has 41 heavy (non-hydrogen) atoms. The van der Waals surface area contributed by atoms with E-state index in [-0.39, 0.29) is 24.0 Å². The number of carbonyl (C=O) groups excluding carboxylic acids is 2. The fourth-order valence-corrected chi connectivity index (χ4v) is 5.31. The molecule has 7 heteroatoms. The highest BCUT2D eigenvalue weighted by molar-refractivity contribution is 14.1. The number of carbonyl (C=O) groups is 2. The minimum atomic E-state index is -0.268. The van der Waals surface area contributed by atoms with Crippen LogP contribution in [0.25, 0.3) is 21.5 Å². The van der Waals surface area contributed by atoms with Gasteiger partial charge in [0.25, 0.3) is 11.8 Å². The third kappa shape index (κ3) is 6.79. The molecule has 6 nitrogen and oxygen atoms in total. The first-order chi connectivity index (χ1) is 19.9. The average Bonchev–Trinajstić information content (AvgIpc) is 3.00. The minimum absolute atomic E-state index is 0.136. The van der Waals surface area contributed by atoms with Gasteiger partial charge in [-0.1, -0.05) is 78.9 Å². The SMILES string of the molecule is C[C@@H](CNC(=O)c1cccc2ccccc12)Oc1cccc(O[C@@H](C)CNC(=O)c2cccc3ccccc23)c1I. The normalized spacial score (nSPS) is 12.5. The molecule has 2 N–H and O–H groups in total. The van der Waals surface area contributed by atoms with Gasteiger partial charge in [0.15, 0.2) is 0 Å². The lowest BCUT2D eigenvalue weighted by molar-refractivity contribution is 0.0928. The van der Waals surface area contributed by atoms with Crippen molar-refractivity contribution in [2.75, 3.05) is 13.1 Å². The van der Waals surface area contributed by atoms with Gasteiger partial charge in [0, 0.05) is 11.1 Å². The number of amides is 2. The molecule has 0 unspecified atom stereocenters. The van der Waals surface area contributed by atoms with Crippen LogP contribution in [0.1, 0.15) is 34.6 Å². The lowest BCUT2D eigenvalue weighted by Crippen LogP contribution is -2.34. The molecule has 0 aliphatic rings. The van der Waals surface area contributed by atoms with E-state index in [1.807, 2.05) is 117 Å². The van der Waals surface area contributed by atoms with Gasteiger partial charge in [-0.25, -0.2) is 0 Å². The van der Waals surface area contributed by atoms with Crippen LogP contribution < -0.4 is 20.1 Å². The van der Waals surface area contributed by atoms with Gasteiger partial charge in [-0.2, -0.15) is 0 Å². The summed E-state index contributed by atoms with van der Waals surface area (Å²) in [6.45, 7) is 4.52. The quantitative estimate of drug-likeness (QED) is 0.159. The lowest BCUT2D eigenvalue weighted by Gasteiger charge is -2.20. The van der Waals surface area contributed by atoms with Crippen LogP contribution in [-0.4, -0.2) is 37.1 Å². The third-order valence-electron chi connectivity index (χ3n) is 6.75. The molecule has 0 heterocycles. The second-order valence-electron chi connectivity index (χ2n) is 9.90. The summed E-state index contributed by atoms with van der Waals surface area (Å²) < 4.78 is 13.2. The van der Waals surface area contributed by atoms with Gasteiger partial charge in [0.2, 0.25) is 0 Å². The Bertz CT molecular complexity index is 1570. The van der Waals surface area contributed by atoms with Crippen LogP contribution in [0.2, 0.25) is 0 Å². The summed E-state index contributed by atoms with van der Waals surface area (Å²) in [4.78, 5) is 25.8. The smallest absolute Gasteiger partial charge is 0.252 e. The maximum absolute atomic E-state index is 12.9. The molecule has 5 aromatic carbocycles. The summed E-state index contributed by atoms with van der Waals surface area (Å²) in [6.07, 6.45) is -0.537. The molecule has 2 atom stereocenters. The van der Waals surface area contributed by atoms with Crippen LogP contribution in [0, 0.1) is 3.57 Å². The van der Waals surface area contributed by atoms with Crippen molar-refractivity contribution in [3.05, 3.63) is 118 Å². The number of halogens is 1. The molecule has 208 valence electrons. The molecule has 5 rings (SSSR count). The number of nitrogens with one attached hydrogen (secondary N) is 2. The number of hydrogen-bond donors (Lipinski definition) is 2. The van der Waals surface area contributed by atoms with Crippen molar-refractivity contribution in [1.29, 1.82) is 0 Å². The number of ether oxygens (including phenoxy) is 2. The number of rotatable bonds is 10. The first kappa shape index (κ1) is 28.4. The van der Waals surface area contributed by atoms with E-state index in [0.29, 0.717) is 35.7 Å². The predicted octanol–water partition coefficient (Wildman–Crippen LogP) is 6.99. The summed E-state index contributed by atoms with van der Waals surface area (Å²) in [5.74, 6) is 1.07. The van der Waals surface area contributed by atoms with Crippen molar-refractivity contribution in [1.82, 2.24) is 10.6 Å². The van der Waals surface area contributed by atoms with Gasteiger partial charge in [-0.3, -0.25) is 9.59 Å². The summed E-state index contributed by atoms with van der Waals surface area (Å²) in [7, 11) is 0. The highest BCUT2D eigenvalue weighted by Gasteiger charge is 2.17. The van der Waals surface area contributed by atoms with Crippen molar-refractivity contribution < 1.29 is 19.1 Å². The maximum Gasteiger partial charge on any atom is 0.252 e. The van der Waals surface area contributed by atoms with Gasteiger partial charge in [0.05, 0.1) is 16.7 Å². The van der Waals surface area contributed by atoms with E-state index in [0.717, 1.165) is 25.1 Å². The van der Waals surface area contributed by atoms with Crippen molar-refractivity contribution in [3.63, 3.8) is 0 Å². The molecule has 0 bridgehead atoms. The Labute approximate surface area is 253 Å². The maximum atomic E-state index is 12.9. The zero-order valence-electron chi connectivity index (χ0n) is 22.9. The van der Waals surface area contributed by atoms with Crippen molar-refractivity contribution in [2.45, 2.75) is 26.1 Å². The van der Waals surface area contributed by atoms with Crippen molar-refractivity contribution >= 4 is 56.0 Å². The molecule has 0 aromatic heterocycles. The predicted molar refractivity (Wildman–Crippen MR) is 172 cm³/mol. The molecule has 0 saturated carbocycles. The van der Waals surface area contributed by atoms with Gasteiger partial charge in [0.1, 0.15) is 23.7 Å². The molecule has 0 spiro atoms. The summed E-state index contributed by atoms with van der Waals surface area (Å²) >= 11 is 2.20. The van der Waals surface area contributed by atoms with Gasteiger partial charge >= 0.3 is 0 Å². The Morgan fingerprint density at radius 1 is 0.610 bits per heavy atom. The van der Waals surface area contributed by atoms with Crippen LogP contribution >= 0.6 is 22.6 Å². The summed E-state index contributed by atoms with van der Waals surface area (Å²) in [5.41, 5.74) is 1.28. The minimum Gasteiger partial charge on any atom is -0.488 e. The van der Waals surface area contributed by atoms with Crippen LogP contribution in [-0.2, 0) is 0 Å². The summed E-state index contributed by atoms with van der Waals surface area (Å²) in [6, 6.07) is 32.7. The Morgan fingerprint density at radius 2 is 1.00 bits per heavy atom. The Kier molecular flexibility index (Phi) is 9.04. The second-order valence-corrected chi connectivity index (χ2v) is 11.0. The van der Waals surface area contributed by atoms with E-state index in [9.17, 15) is 9.59 Å². The van der Waals surface area contributed by atoms with E-state index in [1.54, 1.807) is 0 Å². The molecule has 0 radical (unpaired) electrons. The molecule has 0 aliphatic heterocycles. The first-order valence-corrected chi connectivity index (χ1v) is 14.6. The number of fused-ring (bicyclic) bond motifs is 2. The number of hydrogen-bond acceptors (Lipinski definition) is 4. The Morgan fingerprint density at radius 3 is 1.46 bits per heavy atom. The number of benzene rings is 5. The van der Waals surface area contributed by atoms with Gasteiger partial charge in [-0.05, 0) is 82.2 Å². The molecule has 0 aliphatic carbocycles. The fourth-order valence-electron chi connectivity index (χ4n) is 4.70. The van der Waals surface area contributed by atoms with E-state index < -0.39 is 0 Å². The molecular weight excluding hydrogens is 627 g/mol. The van der Waals surface area contributed by atoms with E-state index >= 15 is 0 Å². The lowest BCUT2D eigenvalue weighted by atomic mass is 10.0. The molecule has 2 amide bonds. The zero-order valence-corrected chi connectivity index (χ0v) is 25.1. The van der Waals surface area contributed by atoms with E-state index in [2.05, 4.69) is 33.2 Å². The van der Waals surface area contributed by atoms with Crippen molar-refractivity contribution in [2.24, 2.45) is 0 Å².